The Hall–Kier alpha value is -2.15. The Morgan fingerprint density at radius 3 is 2.96 bits per heavy atom. The maximum absolute atomic E-state index is 12.2. The van der Waals surface area contributed by atoms with Crippen molar-refractivity contribution in [3.63, 3.8) is 0 Å². The lowest BCUT2D eigenvalue weighted by atomic mass is 9.98. The summed E-state index contributed by atoms with van der Waals surface area (Å²) in [5.41, 5.74) is 1.20. The molecule has 23 heavy (non-hydrogen) atoms. The molecule has 2 aromatic rings. The minimum atomic E-state index is -0.215. The van der Waals surface area contributed by atoms with E-state index in [1.165, 1.54) is 19.3 Å². The standard InChI is InChI=1S/C16H19N3O3S/c20-15(18-9-12-10-23-16(21)19-12)11-6-7-17-14(8-11)22-13-4-2-1-3-5-13/h6-8,10,13H,1-5,9H2,(H,18,20)(H,19,21). The van der Waals surface area contributed by atoms with Crippen LogP contribution in [0.25, 0.3) is 0 Å². The first kappa shape index (κ1) is 15.7. The molecular formula is C16H19N3O3S. The number of hydrogen-bond donors (Lipinski definition) is 2. The number of hydrogen-bond acceptors (Lipinski definition) is 5. The molecule has 0 radical (unpaired) electrons. The third kappa shape index (κ3) is 4.41. The quantitative estimate of drug-likeness (QED) is 0.880. The molecule has 2 heterocycles. The van der Waals surface area contributed by atoms with Crippen LogP contribution in [0.5, 0.6) is 5.88 Å². The zero-order chi connectivity index (χ0) is 16.1. The van der Waals surface area contributed by atoms with E-state index in [0.29, 0.717) is 23.7 Å². The zero-order valence-corrected chi connectivity index (χ0v) is 13.5. The van der Waals surface area contributed by atoms with E-state index in [9.17, 15) is 9.59 Å². The summed E-state index contributed by atoms with van der Waals surface area (Å²) in [6.45, 7) is 0.290. The van der Waals surface area contributed by atoms with Crippen molar-refractivity contribution >= 4 is 17.2 Å². The third-order valence-corrected chi connectivity index (χ3v) is 4.57. The molecule has 0 saturated heterocycles. The molecule has 1 amide bonds. The van der Waals surface area contributed by atoms with E-state index in [1.54, 1.807) is 23.7 Å². The van der Waals surface area contributed by atoms with E-state index < -0.39 is 0 Å². The number of aromatic nitrogens is 2. The molecule has 6 nitrogen and oxygen atoms in total. The Kier molecular flexibility index (Phi) is 5.07. The highest BCUT2D eigenvalue weighted by Crippen LogP contribution is 2.22. The van der Waals surface area contributed by atoms with Gasteiger partial charge in [-0.25, -0.2) is 4.98 Å². The summed E-state index contributed by atoms with van der Waals surface area (Å²) in [5.74, 6) is 0.279. The molecule has 3 rings (SSSR count). The van der Waals surface area contributed by atoms with Gasteiger partial charge in [0.25, 0.3) is 5.91 Å². The predicted molar refractivity (Wildman–Crippen MR) is 87.8 cm³/mol. The van der Waals surface area contributed by atoms with Gasteiger partial charge in [-0.3, -0.25) is 9.59 Å². The molecule has 0 bridgehead atoms. The number of thiazole rings is 1. The van der Waals surface area contributed by atoms with Crippen molar-refractivity contribution < 1.29 is 9.53 Å². The largest absolute Gasteiger partial charge is 0.474 e. The minimum Gasteiger partial charge on any atom is -0.474 e. The first-order valence-corrected chi connectivity index (χ1v) is 8.66. The van der Waals surface area contributed by atoms with Gasteiger partial charge in [0.15, 0.2) is 0 Å². The SMILES string of the molecule is O=C(NCc1csc(=O)[nH]1)c1ccnc(OC2CCCCC2)c1. The zero-order valence-electron chi connectivity index (χ0n) is 12.7. The number of rotatable bonds is 5. The highest BCUT2D eigenvalue weighted by Gasteiger charge is 2.16. The maximum Gasteiger partial charge on any atom is 0.304 e. The molecule has 0 spiro atoms. The van der Waals surface area contributed by atoms with E-state index in [1.807, 2.05) is 0 Å². The smallest absolute Gasteiger partial charge is 0.304 e. The van der Waals surface area contributed by atoms with Crippen molar-refractivity contribution in [1.29, 1.82) is 0 Å². The Labute approximate surface area is 137 Å². The van der Waals surface area contributed by atoms with Crippen LogP contribution in [0.1, 0.15) is 48.2 Å². The Bertz CT molecular complexity index is 719. The first-order chi connectivity index (χ1) is 11.2. The average molecular weight is 333 g/mol. The second-order valence-corrected chi connectivity index (χ2v) is 6.46. The van der Waals surface area contributed by atoms with Gasteiger partial charge in [0.2, 0.25) is 5.88 Å². The lowest BCUT2D eigenvalue weighted by Gasteiger charge is -2.22. The van der Waals surface area contributed by atoms with Crippen LogP contribution >= 0.6 is 11.3 Å². The van der Waals surface area contributed by atoms with Crippen molar-refractivity contribution in [1.82, 2.24) is 15.3 Å². The molecule has 122 valence electrons. The molecule has 0 unspecified atom stereocenters. The number of aromatic amines is 1. The molecule has 0 atom stereocenters. The number of nitrogens with one attached hydrogen (secondary N) is 2. The fourth-order valence-corrected chi connectivity index (χ4v) is 3.23. The molecule has 2 N–H and O–H groups in total. The number of ether oxygens (including phenoxy) is 1. The van der Waals surface area contributed by atoms with Gasteiger partial charge in [-0.05, 0) is 31.7 Å². The molecule has 1 aliphatic carbocycles. The first-order valence-electron chi connectivity index (χ1n) is 7.78. The van der Waals surface area contributed by atoms with Crippen molar-refractivity contribution in [3.8, 4) is 5.88 Å². The van der Waals surface area contributed by atoms with Crippen LogP contribution in [0.15, 0.2) is 28.5 Å². The average Bonchev–Trinajstić information content (AvgIpc) is 2.99. The van der Waals surface area contributed by atoms with Gasteiger partial charge in [0.1, 0.15) is 6.10 Å². The normalized spacial score (nSPS) is 15.3. The van der Waals surface area contributed by atoms with E-state index in [4.69, 9.17) is 4.74 Å². The van der Waals surface area contributed by atoms with E-state index in [0.717, 1.165) is 24.2 Å². The van der Waals surface area contributed by atoms with Crippen molar-refractivity contribution in [2.75, 3.05) is 0 Å². The molecule has 1 aliphatic rings. The van der Waals surface area contributed by atoms with Gasteiger partial charge in [-0.1, -0.05) is 17.8 Å². The number of carbonyl (C=O) groups is 1. The van der Waals surface area contributed by atoms with Gasteiger partial charge in [0, 0.05) is 28.9 Å². The molecule has 0 aliphatic heterocycles. The van der Waals surface area contributed by atoms with Gasteiger partial charge < -0.3 is 15.0 Å². The highest BCUT2D eigenvalue weighted by molar-refractivity contribution is 7.07. The predicted octanol–water partition coefficient (Wildman–Crippen LogP) is 2.47. The number of amides is 1. The van der Waals surface area contributed by atoms with Gasteiger partial charge in [0.05, 0.1) is 6.54 Å². The molecule has 7 heteroatoms. The van der Waals surface area contributed by atoms with E-state index >= 15 is 0 Å². The fraction of sp³-hybridized carbons (Fsp3) is 0.438. The molecule has 1 saturated carbocycles. The van der Waals surface area contributed by atoms with Gasteiger partial charge >= 0.3 is 4.87 Å². The van der Waals surface area contributed by atoms with Crippen LogP contribution in [0.4, 0.5) is 0 Å². The monoisotopic (exact) mass is 333 g/mol. The summed E-state index contributed by atoms with van der Waals surface area (Å²) in [4.78, 5) is 30.0. The highest BCUT2D eigenvalue weighted by atomic mass is 32.1. The van der Waals surface area contributed by atoms with Crippen molar-refractivity contribution in [3.05, 3.63) is 44.6 Å². The number of nitrogens with zero attached hydrogens (tertiary/aromatic N) is 1. The van der Waals surface area contributed by atoms with Crippen LogP contribution in [0.3, 0.4) is 0 Å². The third-order valence-electron chi connectivity index (χ3n) is 3.85. The summed E-state index contributed by atoms with van der Waals surface area (Å²) < 4.78 is 5.88. The second kappa shape index (κ2) is 7.41. The summed E-state index contributed by atoms with van der Waals surface area (Å²) >= 11 is 1.08. The van der Waals surface area contributed by atoms with Crippen LogP contribution in [-0.2, 0) is 6.54 Å². The summed E-state index contributed by atoms with van der Waals surface area (Å²) in [5, 5.41) is 4.47. The topological polar surface area (TPSA) is 84.1 Å². The molecule has 2 aromatic heterocycles. The Balaban J connectivity index is 1.59. The van der Waals surface area contributed by atoms with Crippen LogP contribution in [0, 0.1) is 0 Å². The van der Waals surface area contributed by atoms with Crippen LogP contribution < -0.4 is 14.9 Å². The Morgan fingerprint density at radius 2 is 2.22 bits per heavy atom. The number of pyridine rings is 1. The lowest BCUT2D eigenvalue weighted by molar-refractivity contribution is 0.0948. The van der Waals surface area contributed by atoms with E-state index in [-0.39, 0.29) is 16.9 Å². The summed E-state index contributed by atoms with van der Waals surface area (Å²) in [6, 6.07) is 3.32. The summed E-state index contributed by atoms with van der Waals surface area (Å²) in [7, 11) is 0. The van der Waals surface area contributed by atoms with Crippen molar-refractivity contribution in [2.45, 2.75) is 44.8 Å². The molecule has 0 aromatic carbocycles. The summed E-state index contributed by atoms with van der Waals surface area (Å²) in [6.07, 6.45) is 7.51. The number of carbonyl (C=O) groups excluding carboxylic acids is 1. The van der Waals surface area contributed by atoms with Crippen LogP contribution in [0.2, 0.25) is 0 Å². The van der Waals surface area contributed by atoms with Gasteiger partial charge in [-0.2, -0.15) is 0 Å². The van der Waals surface area contributed by atoms with Crippen LogP contribution in [-0.4, -0.2) is 22.0 Å². The maximum atomic E-state index is 12.2. The van der Waals surface area contributed by atoms with E-state index in [2.05, 4.69) is 15.3 Å². The molecular weight excluding hydrogens is 314 g/mol. The fourth-order valence-electron chi connectivity index (χ4n) is 2.65. The lowest BCUT2D eigenvalue weighted by Crippen LogP contribution is -2.24. The molecule has 1 fully saturated rings. The minimum absolute atomic E-state index is 0.124. The Morgan fingerprint density at radius 1 is 1.39 bits per heavy atom. The van der Waals surface area contributed by atoms with Crippen molar-refractivity contribution in [2.24, 2.45) is 0 Å². The number of H-pyrrole nitrogens is 1. The second-order valence-electron chi connectivity index (χ2n) is 5.62. The van der Waals surface area contributed by atoms with Gasteiger partial charge in [-0.15, -0.1) is 0 Å².